The quantitative estimate of drug-likeness (QED) is 0.111. The van der Waals surface area contributed by atoms with Crippen molar-refractivity contribution in [1.82, 2.24) is 35.6 Å². The van der Waals surface area contributed by atoms with Gasteiger partial charge in [-0.25, -0.2) is 9.37 Å². The molecular weight excluding hydrogens is 717 g/mol. The Bertz CT molecular complexity index is 1940. The Hall–Kier alpha value is -4.49. The first-order valence-corrected chi connectivity index (χ1v) is 21.1. The Balaban J connectivity index is 1.36. The summed E-state index contributed by atoms with van der Waals surface area (Å²) in [6.45, 7) is 27.3. The highest BCUT2D eigenvalue weighted by Gasteiger charge is 2.23. The van der Waals surface area contributed by atoms with Crippen LogP contribution in [0.25, 0.3) is 33.4 Å². The van der Waals surface area contributed by atoms with Crippen LogP contribution >= 0.6 is 0 Å². The van der Waals surface area contributed by atoms with Crippen LogP contribution < -0.4 is 36.1 Å². The minimum Gasteiger partial charge on any atom is -0.456 e. The lowest BCUT2D eigenvalue weighted by molar-refractivity contribution is 0.0521. The molecule has 4 N–H and O–H groups in total. The van der Waals surface area contributed by atoms with Gasteiger partial charge in [-0.2, -0.15) is 0 Å². The Labute approximate surface area is 340 Å². The molecule has 57 heavy (non-hydrogen) atoms. The fraction of sp³-hybridized carbons (Fsp3) is 0.533. The van der Waals surface area contributed by atoms with E-state index in [0.717, 1.165) is 136 Å². The van der Waals surface area contributed by atoms with Crippen molar-refractivity contribution < 1.29 is 18.7 Å². The molecule has 5 rings (SSSR count). The summed E-state index contributed by atoms with van der Waals surface area (Å²) < 4.78 is 14.5. The largest absolute Gasteiger partial charge is 0.456 e. The maximum atomic E-state index is 14.2. The van der Waals surface area contributed by atoms with Gasteiger partial charge >= 0.3 is 6.09 Å². The summed E-state index contributed by atoms with van der Waals surface area (Å²) in [6, 6.07) is 20.8. The van der Waals surface area contributed by atoms with Crippen molar-refractivity contribution in [2.24, 2.45) is 0 Å². The molecule has 2 aromatic rings. The van der Waals surface area contributed by atoms with E-state index in [1.165, 1.54) is 0 Å². The van der Waals surface area contributed by atoms with Crippen LogP contribution in [0.1, 0.15) is 58.8 Å². The molecule has 1 aliphatic carbocycles. The lowest BCUT2D eigenvalue weighted by atomic mass is 9.90. The number of amides is 2. The van der Waals surface area contributed by atoms with Gasteiger partial charge in [0.2, 0.25) is 5.36 Å². The Morgan fingerprint density at radius 3 is 2.07 bits per heavy atom. The molecule has 0 spiro atoms. The Morgan fingerprint density at radius 2 is 1.44 bits per heavy atom. The number of anilines is 1. The van der Waals surface area contributed by atoms with E-state index < -0.39 is 11.7 Å². The molecular formula is C45H67N8O4+. The minimum absolute atomic E-state index is 0.0967. The zero-order valence-electron chi connectivity index (χ0n) is 35.5. The number of nitrogens with one attached hydrogen (secondary N) is 4. The number of carbonyl (C=O) groups is 2. The van der Waals surface area contributed by atoms with Crippen molar-refractivity contribution in [3.05, 3.63) is 71.6 Å². The number of hydrogen-bond acceptors (Lipinski definition) is 9. The fourth-order valence-corrected chi connectivity index (χ4v) is 7.54. The predicted octanol–water partition coefficient (Wildman–Crippen LogP) is 4.91. The summed E-state index contributed by atoms with van der Waals surface area (Å²) in [7, 11) is 0. The predicted molar refractivity (Wildman–Crippen MR) is 233 cm³/mol. The third kappa shape index (κ3) is 12.3. The third-order valence-corrected chi connectivity index (χ3v) is 10.6. The standard InChI is InChI=1S/C45H66N8O4/c1-8-52(9-2)34-16-18-38-40(32-34)56-41-33-35(53(10-3)11-4)17-19-39(41)42(38)36-14-12-13-15-37(36)43(54)48-24-28-50-26-22-46-20-21-47-23-27-51(31-30-50)29-25-49-44(55)57-45(5,6)7/h12-19,32-33,46-47H,8-11,20-31H2,1-7H3,(H-,48,49,54,55)/p+1. The smallest absolute Gasteiger partial charge is 0.407 e. The Morgan fingerprint density at radius 1 is 0.789 bits per heavy atom. The van der Waals surface area contributed by atoms with Gasteiger partial charge in [-0.15, -0.1) is 0 Å². The molecule has 0 atom stereocenters. The zero-order valence-corrected chi connectivity index (χ0v) is 35.5. The van der Waals surface area contributed by atoms with E-state index in [0.29, 0.717) is 18.7 Å². The molecule has 2 aromatic carbocycles. The summed E-state index contributed by atoms with van der Waals surface area (Å²) in [5, 5.41) is 15.3. The molecule has 2 heterocycles. The number of benzene rings is 3. The van der Waals surface area contributed by atoms with Crippen molar-refractivity contribution in [2.75, 3.05) is 110 Å². The number of ether oxygens (including phenoxy) is 1. The summed E-state index contributed by atoms with van der Waals surface area (Å²) in [6.07, 6.45) is -0.391. The molecule has 12 heteroatoms. The second-order valence-electron chi connectivity index (χ2n) is 15.6. The first-order chi connectivity index (χ1) is 27.5. The van der Waals surface area contributed by atoms with Crippen LogP contribution in [0, 0.1) is 0 Å². The van der Waals surface area contributed by atoms with E-state index in [4.69, 9.17) is 9.15 Å². The average molecular weight is 784 g/mol. The molecule has 0 aromatic heterocycles. The summed E-state index contributed by atoms with van der Waals surface area (Å²) >= 11 is 0. The van der Waals surface area contributed by atoms with Gasteiger partial charge in [0.25, 0.3) is 5.91 Å². The Kier molecular flexibility index (Phi) is 16.3. The first kappa shape index (κ1) is 43.6. The summed E-state index contributed by atoms with van der Waals surface area (Å²) in [5.74, 6) is 0.698. The number of rotatable bonds is 13. The average Bonchev–Trinajstić information content (AvgIpc) is 3.18. The maximum absolute atomic E-state index is 14.2. The van der Waals surface area contributed by atoms with Crippen molar-refractivity contribution in [3.8, 4) is 22.5 Å². The van der Waals surface area contributed by atoms with E-state index in [1.54, 1.807) is 0 Å². The second kappa shape index (κ2) is 21.3. The van der Waals surface area contributed by atoms with Crippen molar-refractivity contribution in [2.45, 2.75) is 54.1 Å². The van der Waals surface area contributed by atoms with Gasteiger partial charge < -0.3 is 35.3 Å². The van der Waals surface area contributed by atoms with E-state index >= 15 is 0 Å². The van der Waals surface area contributed by atoms with E-state index in [1.807, 2.05) is 39.0 Å². The zero-order chi connectivity index (χ0) is 40.8. The second-order valence-corrected chi connectivity index (χ2v) is 15.6. The molecule has 1 fully saturated rings. The van der Waals surface area contributed by atoms with Crippen LogP contribution in [0.5, 0.6) is 0 Å². The molecule has 0 unspecified atom stereocenters. The van der Waals surface area contributed by atoms with Crippen molar-refractivity contribution in [3.63, 3.8) is 0 Å². The van der Waals surface area contributed by atoms with Crippen LogP contribution in [0.2, 0.25) is 0 Å². The molecule has 12 nitrogen and oxygen atoms in total. The molecule has 310 valence electrons. The van der Waals surface area contributed by atoms with Gasteiger partial charge in [-0.3, -0.25) is 14.6 Å². The topological polar surface area (TPSA) is 117 Å². The van der Waals surface area contributed by atoms with E-state index in [2.05, 4.69) is 111 Å². The minimum atomic E-state index is -0.529. The van der Waals surface area contributed by atoms with Crippen LogP contribution in [-0.4, -0.2) is 132 Å². The highest BCUT2D eigenvalue weighted by Crippen LogP contribution is 2.42. The molecule has 2 amide bonds. The molecule has 1 saturated heterocycles. The monoisotopic (exact) mass is 784 g/mol. The van der Waals surface area contributed by atoms with E-state index in [9.17, 15) is 9.59 Å². The number of fused-ring (bicyclic) bond motifs is 2. The van der Waals surface area contributed by atoms with Crippen molar-refractivity contribution in [1.29, 1.82) is 0 Å². The molecule has 2 aliphatic heterocycles. The summed E-state index contributed by atoms with van der Waals surface area (Å²) in [5.41, 5.74) is 4.87. The number of alkyl carbamates (subject to hydrolysis) is 1. The SMILES string of the molecule is CCN(CC)c1ccc2c(-c3ccccc3C(=O)NCCN3CCNCCNCCN(CCNC(=O)OC(C)(C)C)CC3)c3ccc(=[N+](CC)CC)cc-3oc2c1. The number of nitrogens with zero attached hydrogens (tertiary/aromatic N) is 4. The normalized spacial score (nSPS) is 15.1. The lowest BCUT2D eigenvalue weighted by Crippen LogP contribution is -2.47. The van der Waals surface area contributed by atoms with Gasteiger partial charge in [-0.1, -0.05) is 18.2 Å². The van der Waals surface area contributed by atoms with Crippen LogP contribution in [0.3, 0.4) is 0 Å². The summed E-state index contributed by atoms with van der Waals surface area (Å²) in [4.78, 5) is 33.5. The van der Waals surface area contributed by atoms with Gasteiger partial charge in [0.05, 0.1) is 6.07 Å². The van der Waals surface area contributed by atoms with Gasteiger partial charge in [0.15, 0.2) is 0 Å². The van der Waals surface area contributed by atoms with Crippen molar-refractivity contribution >= 4 is 28.7 Å². The maximum Gasteiger partial charge on any atom is 0.407 e. The fourth-order valence-electron chi connectivity index (χ4n) is 7.54. The number of carbonyl (C=O) groups excluding carboxylic acids is 2. The van der Waals surface area contributed by atoms with E-state index in [-0.39, 0.29) is 5.91 Å². The molecule has 0 saturated carbocycles. The lowest BCUT2D eigenvalue weighted by Gasteiger charge is -2.29. The molecule has 0 radical (unpaired) electrons. The highest BCUT2D eigenvalue weighted by molar-refractivity contribution is 6.09. The van der Waals surface area contributed by atoms with Crippen LogP contribution in [0.4, 0.5) is 10.5 Å². The number of hydrogen-bond donors (Lipinski definition) is 4. The van der Waals surface area contributed by atoms with Gasteiger partial charge in [0.1, 0.15) is 30.0 Å². The van der Waals surface area contributed by atoms with Gasteiger partial charge in [0, 0.05) is 132 Å². The van der Waals surface area contributed by atoms with Crippen LogP contribution in [0.15, 0.2) is 65.1 Å². The van der Waals surface area contributed by atoms with Crippen LogP contribution in [-0.2, 0) is 4.74 Å². The molecule has 3 aliphatic rings. The first-order valence-electron chi connectivity index (χ1n) is 21.1. The van der Waals surface area contributed by atoms with Gasteiger partial charge in [-0.05, 0) is 78.3 Å². The highest BCUT2D eigenvalue weighted by atomic mass is 16.6. The third-order valence-electron chi connectivity index (χ3n) is 10.6. The molecule has 0 bridgehead atoms.